The summed E-state index contributed by atoms with van der Waals surface area (Å²) in [5.74, 6) is 1.95. The van der Waals surface area contributed by atoms with Crippen LogP contribution in [-0.2, 0) is 11.3 Å². The maximum Gasteiger partial charge on any atom is 0.266 e. The summed E-state index contributed by atoms with van der Waals surface area (Å²) in [6.45, 7) is 7.65. The molecular formula is C29H29NO3S2. The molecule has 0 spiro atoms. The average molecular weight is 504 g/mol. The molecule has 0 aromatic heterocycles. The highest BCUT2D eigenvalue weighted by Gasteiger charge is 2.32. The van der Waals surface area contributed by atoms with Crippen molar-refractivity contribution < 1.29 is 14.3 Å². The number of ether oxygens (including phenoxy) is 2. The minimum atomic E-state index is -0.0792. The first-order valence-corrected chi connectivity index (χ1v) is 12.9. The van der Waals surface area contributed by atoms with Crippen molar-refractivity contribution in [1.29, 1.82) is 0 Å². The van der Waals surface area contributed by atoms with E-state index in [1.165, 1.54) is 17.3 Å². The van der Waals surface area contributed by atoms with Crippen LogP contribution in [0.15, 0.2) is 77.7 Å². The molecule has 1 fully saturated rings. The predicted molar refractivity (Wildman–Crippen MR) is 148 cm³/mol. The third-order valence-electron chi connectivity index (χ3n) is 5.67. The quantitative estimate of drug-likeness (QED) is 0.179. The van der Waals surface area contributed by atoms with Crippen LogP contribution < -0.4 is 9.47 Å². The Morgan fingerprint density at radius 1 is 0.971 bits per heavy atom. The Hall–Kier alpha value is -3.09. The van der Waals surface area contributed by atoms with Crippen LogP contribution in [0.5, 0.6) is 11.5 Å². The van der Waals surface area contributed by atoms with Gasteiger partial charge in [0.25, 0.3) is 5.91 Å². The van der Waals surface area contributed by atoms with Crippen LogP contribution in [0.4, 0.5) is 0 Å². The van der Waals surface area contributed by atoms with Gasteiger partial charge in [0.1, 0.15) is 29.0 Å². The molecule has 0 saturated carbocycles. The van der Waals surface area contributed by atoms with Crippen LogP contribution in [0.1, 0.15) is 42.0 Å². The van der Waals surface area contributed by atoms with Gasteiger partial charge in [-0.05, 0) is 54.3 Å². The van der Waals surface area contributed by atoms with Gasteiger partial charge >= 0.3 is 0 Å². The van der Waals surface area contributed by atoms with E-state index in [9.17, 15) is 4.79 Å². The molecular weight excluding hydrogens is 474 g/mol. The van der Waals surface area contributed by atoms with Gasteiger partial charge in [-0.1, -0.05) is 91.9 Å². The van der Waals surface area contributed by atoms with Gasteiger partial charge in [0.2, 0.25) is 0 Å². The van der Waals surface area contributed by atoms with Crippen LogP contribution in [0, 0.1) is 6.92 Å². The number of thioether (sulfide) groups is 1. The zero-order valence-corrected chi connectivity index (χ0v) is 21.8. The summed E-state index contributed by atoms with van der Waals surface area (Å²) in [4.78, 5) is 15.3. The fraction of sp³-hybridized carbons (Fsp3) is 0.241. The lowest BCUT2D eigenvalue weighted by atomic mass is 10.0. The van der Waals surface area contributed by atoms with Crippen LogP contribution in [-0.4, -0.2) is 28.3 Å². The zero-order chi connectivity index (χ0) is 24.8. The second-order valence-electron chi connectivity index (χ2n) is 8.72. The number of amides is 1. The molecule has 3 aromatic rings. The van der Waals surface area contributed by atoms with E-state index in [1.54, 1.807) is 4.90 Å². The number of rotatable bonds is 9. The van der Waals surface area contributed by atoms with Crippen LogP contribution >= 0.6 is 24.0 Å². The van der Waals surface area contributed by atoms with Crippen molar-refractivity contribution in [3.05, 3.63) is 100.0 Å². The Balaban J connectivity index is 1.40. The zero-order valence-electron chi connectivity index (χ0n) is 20.2. The number of benzene rings is 3. The minimum absolute atomic E-state index is 0.0792. The lowest BCUT2D eigenvalue weighted by Crippen LogP contribution is -2.27. The van der Waals surface area contributed by atoms with Crippen molar-refractivity contribution in [2.24, 2.45) is 0 Å². The molecule has 180 valence electrons. The Bertz CT molecular complexity index is 1220. The molecule has 0 bridgehead atoms. The summed E-state index contributed by atoms with van der Waals surface area (Å²) >= 11 is 6.83. The van der Waals surface area contributed by atoms with Crippen LogP contribution in [0.25, 0.3) is 6.08 Å². The number of hydrogen-bond acceptors (Lipinski definition) is 5. The van der Waals surface area contributed by atoms with Gasteiger partial charge in [-0.2, -0.15) is 0 Å². The van der Waals surface area contributed by atoms with Gasteiger partial charge in [0.15, 0.2) is 0 Å². The number of carbonyl (C=O) groups excluding carboxylic acids is 1. The summed E-state index contributed by atoms with van der Waals surface area (Å²) in [6, 6.07) is 24.0. The van der Waals surface area contributed by atoms with E-state index < -0.39 is 0 Å². The van der Waals surface area contributed by atoms with E-state index in [2.05, 4.69) is 26.0 Å². The van der Waals surface area contributed by atoms with Crippen molar-refractivity contribution in [2.45, 2.75) is 33.2 Å². The van der Waals surface area contributed by atoms with Gasteiger partial charge in [-0.25, -0.2) is 0 Å². The molecule has 35 heavy (non-hydrogen) atoms. The second-order valence-corrected chi connectivity index (χ2v) is 10.4. The SMILES string of the molecule is Cc1ccc(OCCOc2ccc(C(C)C)cc2)c(C=C2SC(=S)N(Cc3ccccc3)C2=O)c1. The van der Waals surface area contributed by atoms with Gasteiger partial charge in [-0.3, -0.25) is 9.69 Å². The van der Waals surface area contributed by atoms with Crippen molar-refractivity contribution >= 4 is 40.3 Å². The Kier molecular flexibility index (Phi) is 8.26. The third kappa shape index (κ3) is 6.53. The van der Waals surface area contributed by atoms with E-state index >= 15 is 0 Å². The molecule has 1 amide bonds. The molecule has 1 saturated heterocycles. The van der Waals surface area contributed by atoms with Gasteiger partial charge in [-0.15, -0.1) is 0 Å². The highest BCUT2D eigenvalue weighted by atomic mass is 32.2. The van der Waals surface area contributed by atoms with Crippen molar-refractivity contribution in [3.63, 3.8) is 0 Å². The summed E-state index contributed by atoms with van der Waals surface area (Å²) in [5, 5.41) is 0. The normalized spacial score (nSPS) is 14.7. The predicted octanol–water partition coefficient (Wildman–Crippen LogP) is 6.98. The molecule has 0 unspecified atom stereocenters. The second kappa shape index (κ2) is 11.6. The molecule has 0 atom stereocenters. The number of hydrogen-bond donors (Lipinski definition) is 0. The number of carbonyl (C=O) groups is 1. The molecule has 1 aliphatic heterocycles. The Labute approximate surface area is 216 Å². The Morgan fingerprint density at radius 2 is 1.69 bits per heavy atom. The molecule has 4 nitrogen and oxygen atoms in total. The highest BCUT2D eigenvalue weighted by Crippen LogP contribution is 2.35. The number of aryl methyl sites for hydroxylation is 1. The fourth-order valence-electron chi connectivity index (χ4n) is 3.72. The molecule has 1 aliphatic rings. The molecule has 6 heteroatoms. The maximum atomic E-state index is 13.1. The lowest BCUT2D eigenvalue weighted by Gasteiger charge is -2.14. The van der Waals surface area contributed by atoms with E-state index in [4.69, 9.17) is 21.7 Å². The van der Waals surface area contributed by atoms with E-state index in [1.807, 2.05) is 73.7 Å². The average Bonchev–Trinajstić information content (AvgIpc) is 3.11. The van der Waals surface area contributed by atoms with Crippen molar-refractivity contribution in [3.8, 4) is 11.5 Å². The van der Waals surface area contributed by atoms with E-state index in [0.717, 1.165) is 22.4 Å². The molecule has 0 radical (unpaired) electrons. The lowest BCUT2D eigenvalue weighted by molar-refractivity contribution is -0.122. The van der Waals surface area contributed by atoms with E-state index in [-0.39, 0.29) is 5.91 Å². The smallest absolute Gasteiger partial charge is 0.266 e. The van der Waals surface area contributed by atoms with Crippen LogP contribution in [0.2, 0.25) is 0 Å². The van der Waals surface area contributed by atoms with Crippen molar-refractivity contribution in [1.82, 2.24) is 4.90 Å². The summed E-state index contributed by atoms with van der Waals surface area (Å²) in [5.41, 5.74) is 4.27. The first-order valence-electron chi connectivity index (χ1n) is 11.7. The first kappa shape index (κ1) is 25.0. The summed E-state index contributed by atoms with van der Waals surface area (Å²) < 4.78 is 12.4. The number of nitrogens with zero attached hydrogens (tertiary/aromatic N) is 1. The monoisotopic (exact) mass is 503 g/mol. The number of thiocarbonyl (C=S) groups is 1. The van der Waals surface area contributed by atoms with Crippen molar-refractivity contribution in [2.75, 3.05) is 13.2 Å². The minimum Gasteiger partial charge on any atom is -0.490 e. The van der Waals surface area contributed by atoms with Gasteiger partial charge < -0.3 is 9.47 Å². The topological polar surface area (TPSA) is 38.8 Å². The molecule has 0 N–H and O–H groups in total. The first-order chi connectivity index (χ1) is 16.9. The van der Waals surface area contributed by atoms with Crippen LogP contribution in [0.3, 0.4) is 0 Å². The Morgan fingerprint density at radius 3 is 2.40 bits per heavy atom. The fourth-order valence-corrected chi connectivity index (χ4v) is 4.96. The van der Waals surface area contributed by atoms with Gasteiger partial charge in [0, 0.05) is 5.56 Å². The largest absolute Gasteiger partial charge is 0.490 e. The summed E-state index contributed by atoms with van der Waals surface area (Å²) in [7, 11) is 0. The molecule has 1 heterocycles. The molecule has 0 aliphatic carbocycles. The van der Waals surface area contributed by atoms with E-state index in [0.29, 0.717) is 40.7 Å². The molecule has 4 rings (SSSR count). The summed E-state index contributed by atoms with van der Waals surface area (Å²) in [6.07, 6.45) is 1.87. The molecule has 3 aromatic carbocycles. The standard InChI is InChI=1S/C29H29NO3S2/c1-20(2)23-10-12-25(13-11-23)32-15-16-33-26-14-9-21(3)17-24(26)18-27-28(31)30(29(34)35-27)19-22-7-5-4-6-8-22/h4-14,17-18,20H,15-16,19H2,1-3H3. The third-order valence-corrected chi connectivity index (χ3v) is 7.04. The highest BCUT2D eigenvalue weighted by molar-refractivity contribution is 8.26. The van der Waals surface area contributed by atoms with Gasteiger partial charge in [0.05, 0.1) is 11.4 Å². The maximum absolute atomic E-state index is 13.1.